The number of amides is 1. The zero-order valence-corrected chi connectivity index (χ0v) is 15.7. The van der Waals surface area contributed by atoms with Gasteiger partial charge in [-0.2, -0.15) is 5.10 Å². The number of carbonyl (C=O) groups is 2. The number of aromatic nitrogens is 2. The highest BCUT2D eigenvalue weighted by molar-refractivity contribution is 5.97. The molecular formula is C21H22FN3O3. The van der Waals surface area contributed by atoms with Gasteiger partial charge < -0.3 is 10.4 Å². The van der Waals surface area contributed by atoms with Crippen LogP contribution in [0.25, 0.3) is 0 Å². The number of hydrogen-bond donors (Lipinski definition) is 2. The van der Waals surface area contributed by atoms with Gasteiger partial charge in [-0.25, -0.2) is 4.39 Å². The van der Waals surface area contributed by atoms with E-state index >= 15 is 0 Å². The fourth-order valence-electron chi connectivity index (χ4n) is 4.52. The molecule has 2 N–H and O–H groups in total. The van der Waals surface area contributed by atoms with E-state index in [0.29, 0.717) is 17.9 Å². The van der Waals surface area contributed by atoms with Crippen molar-refractivity contribution in [2.75, 3.05) is 5.32 Å². The van der Waals surface area contributed by atoms with Crippen molar-refractivity contribution < 1.29 is 19.1 Å². The monoisotopic (exact) mass is 383 g/mol. The third-order valence-corrected chi connectivity index (χ3v) is 5.92. The van der Waals surface area contributed by atoms with Gasteiger partial charge in [0.2, 0.25) is 5.91 Å². The average Bonchev–Trinajstić information content (AvgIpc) is 3.33. The lowest BCUT2D eigenvalue weighted by Gasteiger charge is -2.23. The number of rotatable bonds is 5. The third kappa shape index (κ3) is 3.10. The Balaban J connectivity index is 1.54. The van der Waals surface area contributed by atoms with E-state index in [1.54, 1.807) is 23.7 Å². The molecule has 2 bridgehead atoms. The maximum atomic E-state index is 13.1. The molecule has 1 aromatic heterocycles. The van der Waals surface area contributed by atoms with Crippen LogP contribution in [-0.4, -0.2) is 26.8 Å². The molecule has 0 radical (unpaired) electrons. The molecular weight excluding hydrogens is 361 g/mol. The maximum Gasteiger partial charge on any atom is 0.307 e. The van der Waals surface area contributed by atoms with E-state index in [1.165, 1.54) is 12.1 Å². The van der Waals surface area contributed by atoms with Gasteiger partial charge in [0, 0.05) is 0 Å². The molecule has 146 valence electrons. The number of nitrogens with zero attached hydrogens (tertiary/aromatic N) is 2. The zero-order valence-electron chi connectivity index (χ0n) is 15.7. The minimum absolute atomic E-state index is 0.0269. The Labute approximate surface area is 162 Å². The second kappa shape index (κ2) is 6.89. The van der Waals surface area contributed by atoms with Gasteiger partial charge in [-0.15, -0.1) is 0 Å². The summed E-state index contributed by atoms with van der Waals surface area (Å²) in [7, 11) is 0. The number of aryl methyl sites for hydroxylation is 1. The highest BCUT2D eigenvalue weighted by Gasteiger charge is 2.51. The summed E-state index contributed by atoms with van der Waals surface area (Å²) in [5, 5.41) is 17.0. The molecule has 1 aromatic carbocycles. The van der Waals surface area contributed by atoms with Crippen molar-refractivity contribution in [2.24, 2.45) is 23.7 Å². The maximum absolute atomic E-state index is 13.1. The largest absolute Gasteiger partial charge is 0.481 e. The summed E-state index contributed by atoms with van der Waals surface area (Å²) in [5.74, 6) is -2.81. The summed E-state index contributed by atoms with van der Waals surface area (Å²) in [6.45, 7) is 4.12. The van der Waals surface area contributed by atoms with Crippen LogP contribution in [0.4, 0.5) is 10.1 Å². The SMILES string of the molecule is Cc1nn(Cc2ccc(F)cc2)c(C)c1NC(=O)[C@H]1[C@@H](C(=O)O)[C@H]2C=C[C@@H]1C2. The van der Waals surface area contributed by atoms with Gasteiger partial charge in [-0.1, -0.05) is 24.3 Å². The molecule has 1 fully saturated rings. The van der Waals surface area contributed by atoms with Gasteiger partial charge in [-0.05, 0) is 49.8 Å². The molecule has 2 aliphatic carbocycles. The van der Waals surface area contributed by atoms with E-state index in [1.807, 2.05) is 19.1 Å². The number of allylic oxidation sites excluding steroid dienone is 2. The molecule has 1 amide bonds. The molecule has 4 rings (SSSR count). The first-order chi connectivity index (χ1) is 13.3. The summed E-state index contributed by atoms with van der Waals surface area (Å²) in [6.07, 6.45) is 4.60. The predicted octanol–water partition coefficient (Wildman–Crippen LogP) is 3.15. The fourth-order valence-corrected chi connectivity index (χ4v) is 4.52. The Hall–Kier alpha value is -2.96. The molecule has 0 saturated heterocycles. The Kier molecular flexibility index (Phi) is 4.53. The lowest BCUT2D eigenvalue weighted by molar-refractivity contribution is -0.146. The van der Waals surface area contributed by atoms with Crippen LogP contribution in [0.15, 0.2) is 36.4 Å². The number of nitrogens with one attached hydrogen (secondary N) is 1. The van der Waals surface area contributed by atoms with E-state index < -0.39 is 17.8 Å². The normalized spacial score (nSPS) is 25.2. The van der Waals surface area contributed by atoms with Crippen LogP contribution >= 0.6 is 0 Å². The number of carbonyl (C=O) groups excluding carboxylic acids is 1. The quantitative estimate of drug-likeness (QED) is 0.777. The number of fused-ring (bicyclic) bond motifs is 2. The van der Waals surface area contributed by atoms with Crippen LogP contribution in [0, 0.1) is 43.3 Å². The molecule has 0 aliphatic heterocycles. The number of hydrogen-bond acceptors (Lipinski definition) is 3. The standard InChI is InChI=1S/C21H22FN3O3/c1-11-19(12(2)25(24-11)10-13-3-7-16(22)8-4-13)23-20(26)17-14-5-6-15(9-14)18(17)21(27)28/h3-8,14-15,17-18H,9-10H2,1-2H3,(H,23,26)(H,27,28)/t14-,15+,17-,18+/m1/s1. The zero-order chi connectivity index (χ0) is 20.0. The molecule has 2 aromatic rings. The molecule has 2 aliphatic rings. The molecule has 4 atom stereocenters. The van der Waals surface area contributed by atoms with Crippen LogP contribution < -0.4 is 5.32 Å². The lowest BCUT2D eigenvalue weighted by atomic mass is 9.82. The van der Waals surface area contributed by atoms with Crippen LogP contribution in [0.3, 0.4) is 0 Å². The number of carboxylic acids is 1. The van der Waals surface area contributed by atoms with E-state index in [4.69, 9.17) is 0 Å². The Morgan fingerprint density at radius 1 is 1.18 bits per heavy atom. The predicted molar refractivity (Wildman–Crippen MR) is 101 cm³/mol. The Morgan fingerprint density at radius 3 is 2.46 bits per heavy atom. The topological polar surface area (TPSA) is 84.2 Å². The Bertz CT molecular complexity index is 964. The number of halogens is 1. The number of aliphatic carboxylic acids is 1. The summed E-state index contributed by atoms with van der Waals surface area (Å²) < 4.78 is 14.9. The van der Waals surface area contributed by atoms with Crippen molar-refractivity contribution in [3.05, 3.63) is 59.2 Å². The van der Waals surface area contributed by atoms with Gasteiger partial charge in [0.15, 0.2) is 0 Å². The highest BCUT2D eigenvalue weighted by atomic mass is 19.1. The van der Waals surface area contributed by atoms with Crippen LogP contribution in [0.2, 0.25) is 0 Å². The van der Waals surface area contributed by atoms with Crippen molar-refractivity contribution in [1.82, 2.24) is 9.78 Å². The molecule has 7 heteroatoms. The van der Waals surface area contributed by atoms with E-state index in [9.17, 15) is 19.1 Å². The molecule has 0 spiro atoms. The first-order valence-electron chi connectivity index (χ1n) is 9.35. The average molecular weight is 383 g/mol. The molecule has 1 heterocycles. The van der Waals surface area contributed by atoms with Crippen LogP contribution in [0.1, 0.15) is 23.4 Å². The summed E-state index contributed by atoms with van der Waals surface area (Å²) in [6, 6.07) is 6.20. The first kappa shape index (κ1) is 18.4. The van der Waals surface area contributed by atoms with Crippen LogP contribution in [-0.2, 0) is 16.1 Å². The van der Waals surface area contributed by atoms with Gasteiger partial charge in [0.25, 0.3) is 0 Å². The molecule has 1 saturated carbocycles. The van der Waals surface area contributed by atoms with E-state index in [-0.39, 0.29) is 23.6 Å². The highest BCUT2D eigenvalue weighted by Crippen LogP contribution is 2.48. The number of carboxylic acid groups (broad SMARTS) is 1. The fraction of sp³-hybridized carbons (Fsp3) is 0.381. The number of benzene rings is 1. The van der Waals surface area contributed by atoms with Gasteiger partial charge in [-0.3, -0.25) is 14.3 Å². The minimum atomic E-state index is -0.919. The van der Waals surface area contributed by atoms with Gasteiger partial charge in [0.1, 0.15) is 5.82 Å². The van der Waals surface area contributed by atoms with Crippen molar-refractivity contribution in [1.29, 1.82) is 0 Å². The Morgan fingerprint density at radius 2 is 1.82 bits per heavy atom. The van der Waals surface area contributed by atoms with Crippen molar-refractivity contribution in [3.63, 3.8) is 0 Å². The van der Waals surface area contributed by atoms with Crippen molar-refractivity contribution in [3.8, 4) is 0 Å². The molecule has 28 heavy (non-hydrogen) atoms. The second-order valence-corrected chi connectivity index (χ2v) is 7.66. The van der Waals surface area contributed by atoms with Gasteiger partial charge >= 0.3 is 5.97 Å². The third-order valence-electron chi connectivity index (χ3n) is 5.92. The second-order valence-electron chi connectivity index (χ2n) is 7.66. The minimum Gasteiger partial charge on any atom is -0.481 e. The smallest absolute Gasteiger partial charge is 0.307 e. The summed E-state index contributed by atoms with van der Waals surface area (Å²) in [4.78, 5) is 24.6. The van der Waals surface area contributed by atoms with E-state index in [0.717, 1.165) is 17.7 Å². The first-order valence-corrected chi connectivity index (χ1v) is 9.35. The number of anilines is 1. The molecule has 6 nitrogen and oxygen atoms in total. The van der Waals surface area contributed by atoms with Crippen molar-refractivity contribution >= 4 is 17.6 Å². The lowest BCUT2D eigenvalue weighted by Crippen LogP contribution is -2.36. The summed E-state index contributed by atoms with van der Waals surface area (Å²) >= 11 is 0. The summed E-state index contributed by atoms with van der Waals surface area (Å²) in [5.41, 5.74) is 2.95. The van der Waals surface area contributed by atoms with Crippen LogP contribution in [0.5, 0.6) is 0 Å². The van der Waals surface area contributed by atoms with Gasteiger partial charge in [0.05, 0.1) is 35.5 Å². The van der Waals surface area contributed by atoms with Crippen molar-refractivity contribution in [2.45, 2.75) is 26.8 Å². The molecule has 0 unspecified atom stereocenters. The van der Waals surface area contributed by atoms with E-state index in [2.05, 4.69) is 10.4 Å².